The Morgan fingerprint density at radius 1 is 0.909 bits per heavy atom. The zero-order valence-corrected chi connectivity index (χ0v) is 18.9. The molecule has 8 heteroatoms. The molecule has 0 saturated carbocycles. The number of esters is 1. The van der Waals surface area contributed by atoms with Crippen LogP contribution in [0.25, 0.3) is 0 Å². The molecule has 3 rings (SSSR count). The van der Waals surface area contributed by atoms with Gasteiger partial charge in [0.1, 0.15) is 5.82 Å². The van der Waals surface area contributed by atoms with Gasteiger partial charge in [0.15, 0.2) is 0 Å². The van der Waals surface area contributed by atoms with Crippen molar-refractivity contribution in [3.63, 3.8) is 0 Å². The van der Waals surface area contributed by atoms with E-state index in [0.717, 1.165) is 4.90 Å². The average Bonchev–Trinajstić information content (AvgIpc) is 2.81. The van der Waals surface area contributed by atoms with Crippen LogP contribution in [0.5, 0.6) is 0 Å². The summed E-state index contributed by atoms with van der Waals surface area (Å²) in [6, 6.07) is 19.2. The number of benzene rings is 3. The van der Waals surface area contributed by atoms with Crippen LogP contribution >= 0.6 is 11.8 Å². The first kappa shape index (κ1) is 24.0. The molecule has 1 unspecified atom stereocenters. The number of hydrogen-bond acceptors (Lipinski definition) is 5. The van der Waals surface area contributed by atoms with Gasteiger partial charge in [-0.3, -0.25) is 9.59 Å². The number of carbonyl (C=O) groups is 3. The van der Waals surface area contributed by atoms with Crippen molar-refractivity contribution in [2.24, 2.45) is 0 Å². The quantitative estimate of drug-likeness (QED) is 0.344. The Balaban J connectivity index is 1.54. The van der Waals surface area contributed by atoms with Gasteiger partial charge in [-0.15, -0.1) is 11.8 Å². The van der Waals surface area contributed by atoms with Gasteiger partial charge in [0.25, 0.3) is 5.91 Å². The molecule has 6 nitrogen and oxygen atoms in total. The molecule has 170 valence electrons. The molecule has 0 heterocycles. The first-order valence-corrected chi connectivity index (χ1v) is 11.2. The Morgan fingerprint density at radius 2 is 1.52 bits per heavy atom. The number of halogens is 1. The summed E-state index contributed by atoms with van der Waals surface area (Å²) in [6.45, 7) is 3.81. The number of rotatable bonds is 8. The second-order valence-electron chi connectivity index (χ2n) is 7.01. The highest BCUT2D eigenvalue weighted by Gasteiger charge is 2.16. The number of nitrogens with one attached hydrogen (secondary N) is 2. The third-order valence-corrected chi connectivity index (χ3v) is 5.69. The van der Waals surface area contributed by atoms with Crippen LogP contribution in [-0.4, -0.2) is 29.6 Å². The summed E-state index contributed by atoms with van der Waals surface area (Å²) in [7, 11) is 0. The Labute approximate surface area is 195 Å². The van der Waals surface area contributed by atoms with E-state index in [1.54, 1.807) is 68.4 Å². The minimum absolute atomic E-state index is 0.0310. The molecule has 0 radical (unpaired) electrons. The van der Waals surface area contributed by atoms with Crippen molar-refractivity contribution < 1.29 is 23.5 Å². The van der Waals surface area contributed by atoms with Gasteiger partial charge >= 0.3 is 5.97 Å². The lowest BCUT2D eigenvalue weighted by Crippen LogP contribution is -2.22. The lowest BCUT2D eigenvalue weighted by Gasteiger charge is -2.13. The van der Waals surface area contributed by atoms with Crippen LogP contribution in [0, 0.1) is 5.82 Å². The van der Waals surface area contributed by atoms with E-state index in [1.165, 1.54) is 30.0 Å². The molecule has 0 aliphatic carbocycles. The van der Waals surface area contributed by atoms with Crippen molar-refractivity contribution in [2.45, 2.75) is 24.0 Å². The van der Waals surface area contributed by atoms with Crippen LogP contribution in [0.3, 0.4) is 0 Å². The molecule has 0 fully saturated rings. The van der Waals surface area contributed by atoms with Gasteiger partial charge in [0.2, 0.25) is 5.91 Å². The zero-order chi connectivity index (χ0) is 23.8. The molecule has 0 aliphatic rings. The maximum atomic E-state index is 13.7. The number of ether oxygens (including phenoxy) is 1. The molecule has 2 N–H and O–H groups in total. The first-order valence-electron chi connectivity index (χ1n) is 10.3. The maximum Gasteiger partial charge on any atom is 0.338 e. The van der Waals surface area contributed by atoms with Gasteiger partial charge in [-0.05, 0) is 74.5 Å². The standard InChI is InChI=1S/C25H23FN2O4S/c1-3-32-25(31)17-8-10-18(11-9-17)27-23(29)16(2)33-20-14-12-19(13-15-20)28-24(30)21-6-4-5-7-22(21)26/h4-16H,3H2,1-2H3,(H,27,29)(H,28,30). The van der Waals surface area contributed by atoms with Crippen LogP contribution in [0.4, 0.5) is 15.8 Å². The highest BCUT2D eigenvalue weighted by Crippen LogP contribution is 2.26. The van der Waals surface area contributed by atoms with E-state index in [1.807, 2.05) is 0 Å². The normalized spacial score (nSPS) is 11.4. The van der Waals surface area contributed by atoms with E-state index in [2.05, 4.69) is 10.6 Å². The molecule has 0 aliphatic heterocycles. The summed E-state index contributed by atoms with van der Waals surface area (Å²) in [6.07, 6.45) is 0. The van der Waals surface area contributed by atoms with Crippen molar-refractivity contribution in [2.75, 3.05) is 17.2 Å². The van der Waals surface area contributed by atoms with Crippen molar-refractivity contribution >= 4 is 40.9 Å². The SMILES string of the molecule is CCOC(=O)c1ccc(NC(=O)C(C)Sc2ccc(NC(=O)c3ccccc3F)cc2)cc1. The number of hydrogen-bond donors (Lipinski definition) is 2. The molecule has 0 saturated heterocycles. The highest BCUT2D eigenvalue weighted by atomic mass is 32.2. The molecule has 0 bridgehead atoms. The summed E-state index contributed by atoms with van der Waals surface area (Å²) in [5, 5.41) is 5.08. The minimum atomic E-state index is -0.586. The fraction of sp³-hybridized carbons (Fsp3) is 0.160. The van der Waals surface area contributed by atoms with Crippen LogP contribution in [0.15, 0.2) is 77.7 Å². The predicted octanol–water partition coefficient (Wildman–Crippen LogP) is 5.37. The Bertz CT molecular complexity index is 1130. The van der Waals surface area contributed by atoms with E-state index < -0.39 is 22.9 Å². The lowest BCUT2D eigenvalue weighted by molar-refractivity contribution is -0.115. The zero-order valence-electron chi connectivity index (χ0n) is 18.1. The number of thioether (sulfide) groups is 1. The van der Waals surface area contributed by atoms with Crippen LogP contribution in [0.2, 0.25) is 0 Å². The number of anilines is 2. The summed E-state index contributed by atoms with van der Waals surface area (Å²) >= 11 is 1.35. The Kier molecular flexibility index (Phi) is 8.21. The van der Waals surface area contributed by atoms with Gasteiger partial charge in [-0.25, -0.2) is 9.18 Å². The Morgan fingerprint density at radius 3 is 2.15 bits per heavy atom. The largest absolute Gasteiger partial charge is 0.462 e. The van der Waals surface area contributed by atoms with Crippen LogP contribution < -0.4 is 10.6 Å². The van der Waals surface area contributed by atoms with Gasteiger partial charge in [0, 0.05) is 16.3 Å². The molecular formula is C25H23FN2O4S. The Hall–Kier alpha value is -3.65. The fourth-order valence-corrected chi connectivity index (χ4v) is 3.73. The second kappa shape index (κ2) is 11.3. The molecule has 1 atom stereocenters. The molecule has 0 spiro atoms. The van der Waals surface area contributed by atoms with Gasteiger partial charge in [-0.1, -0.05) is 12.1 Å². The number of carbonyl (C=O) groups excluding carboxylic acids is 3. The van der Waals surface area contributed by atoms with Crippen molar-refractivity contribution in [3.8, 4) is 0 Å². The van der Waals surface area contributed by atoms with Crippen molar-refractivity contribution in [1.29, 1.82) is 0 Å². The maximum absolute atomic E-state index is 13.7. The van der Waals surface area contributed by atoms with Crippen LogP contribution in [-0.2, 0) is 9.53 Å². The molecule has 2 amide bonds. The first-order chi connectivity index (χ1) is 15.9. The third kappa shape index (κ3) is 6.66. The smallest absolute Gasteiger partial charge is 0.338 e. The number of amides is 2. The van der Waals surface area contributed by atoms with E-state index in [4.69, 9.17) is 4.74 Å². The third-order valence-electron chi connectivity index (χ3n) is 4.58. The molecule has 3 aromatic rings. The highest BCUT2D eigenvalue weighted by molar-refractivity contribution is 8.00. The monoisotopic (exact) mass is 466 g/mol. The lowest BCUT2D eigenvalue weighted by atomic mass is 10.2. The van der Waals surface area contributed by atoms with E-state index >= 15 is 0 Å². The van der Waals surface area contributed by atoms with Gasteiger partial charge in [0.05, 0.1) is 23.0 Å². The van der Waals surface area contributed by atoms with E-state index in [-0.39, 0.29) is 11.5 Å². The summed E-state index contributed by atoms with van der Waals surface area (Å²) in [4.78, 5) is 37.3. The molecule has 33 heavy (non-hydrogen) atoms. The van der Waals surface area contributed by atoms with Gasteiger partial charge in [-0.2, -0.15) is 0 Å². The fourth-order valence-electron chi connectivity index (χ4n) is 2.87. The van der Waals surface area contributed by atoms with E-state index in [0.29, 0.717) is 23.5 Å². The summed E-state index contributed by atoms with van der Waals surface area (Å²) < 4.78 is 18.7. The summed E-state index contributed by atoms with van der Waals surface area (Å²) in [5.74, 6) is -1.72. The molecule has 3 aromatic carbocycles. The predicted molar refractivity (Wildman–Crippen MR) is 127 cm³/mol. The summed E-state index contributed by atoms with van der Waals surface area (Å²) in [5.41, 5.74) is 1.48. The van der Waals surface area contributed by atoms with Crippen LogP contribution in [0.1, 0.15) is 34.6 Å². The topological polar surface area (TPSA) is 84.5 Å². The van der Waals surface area contributed by atoms with Gasteiger partial charge < -0.3 is 15.4 Å². The van der Waals surface area contributed by atoms with E-state index in [9.17, 15) is 18.8 Å². The molecule has 0 aromatic heterocycles. The molecular weight excluding hydrogens is 443 g/mol. The average molecular weight is 467 g/mol. The second-order valence-corrected chi connectivity index (χ2v) is 8.42. The minimum Gasteiger partial charge on any atom is -0.462 e. The van der Waals surface area contributed by atoms with Crippen molar-refractivity contribution in [1.82, 2.24) is 0 Å². The van der Waals surface area contributed by atoms with Crippen molar-refractivity contribution in [3.05, 3.63) is 89.7 Å².